The minimum atomic E-state index is -0.242. The standard InChI is InChI=1S/C21H19N3O4S/c1-3-8-24-17-7-5-4-6-15(17)23-21(24)29-11-20(26)22-16-10-19-18(27-12-28-19)9-14(16)13(2)25/h3-7,9-10H,1,8,11-12H2,2H3,(H,22,26). The summed E-state index contributed by atoms with van der Waals surface area (Å²) < 4.78 is 12.7. The highest BCUT2D eigenvalue weighted by atomic mass is 32.2. The lowest BCUT2D eigenvalue weighted by Gasteiger charge is -2.11. The van der Waals surface area contributed by atoms with Crippen molar-refractivity contribution in [2.45, 2.75) is 18.6 Å². The molecule has 1 N–H and O–H groups in total. The van der Waals surface area contributed by atoms with Gasteiger partial charge in [0, 0.05) is 18.2 Å². The first-order chi connectivity index (χ1) is 14.1. The number of ether oxygens (including phenoxy) is 2. The van der Waals surface area contributed by atoms with E-state index in [4.69, 9.17) is 9.47 Å². The molecule has 29 heavy (non-hydrogen) atoms. The van der Waals surface area contributed by atoms with Gasteiger partial charge in [0.05, 0.1) is 22.5 Å². The number of hydrogen-bond acceptors (Lipinski definition) is 6. The number of Topliss-reactive ketones (excluding diaryl/α,β-unsaturated/α-hetero) is 1. The van der Waals surface area contributed by atoms with Gasteiger partial charge in [-0.1, -0.05) is 30.0 Å². The van der Waals surface area contributed by atoms with Crippen LogP contribution in [0.2, 0.25) is 0 Å². The monoisotopic (exact) mass is 409 g/mol. The number of benzene rings is 2. The van der Waals surface area contributed by atoms with Gasteiger partial charge < -0.3 is 19.4 Å². The number of rotatable bonds is 7. The summed E-state index contributed by atoms with van der Waals surface area (Å²) in [5.41, 5.74) is 2.65. The molecule has 3 aromatic rings. The largest absolute Gasteiger partial charge is 0.454 e. The number of carbonyl (C=O) groups is 2. The van der Waals surface area contributed by atoms with Crippen LogP contribution >= 0.6 is 11.8 Å². The van der Waals surface area contributed by atoms with Crippen molar-refractivity contribution in [3.63, 3.8) is 0 Å². The highest BCUT2D eigenvalue weighted by Crippen LogP contribution is 2.37. The summed E-state index contributed by atoms with van der Waals surface area (Å²) in [4.78, 5) is 29.2. The molecule has 0 atom stereocenters. The Hall–Kier alpha value is -3.26. The van der Waals surface area contributed by atoms with E-state index in [2.05, 4.69) is 16.9 Å². The second-order valence-electron chi connectivity index (χ2n) is 6.43. The molecule has 0 spiro atoms. The number of aromatic nitrogens is 2. The van der Waals surface area contributed by atoms with Crippen LogP contribution in [0.3, 0.4) is 0 Å². The fourth-order valence-corrected chi connectivity index (χ4v) is 3.95. The molecule has 0 unspecified atom stereocenters. The van der Waals surface area contributed by atoms with E-state index in [1.165, 1.54) is 18.7 Å². The number of carbonyl (C=O) groups excluding carboxylic acids is 2. The van der Waals surface area contributed by atoms with Crippen LogP contribution in [0.5, 0.6) is 11.5 Å². The van der Waals surface area contributed by atoms with Crippen LogP contribution in [0.15, 0.2) is 54.2 Å². The Kier molecular flexibility index (Phi) is 5.26. The summed E-state index contributed by atoms with van der Waals surface area (Å²) >= 11 is 1.33. The highest BCUT2D eigenvalue weighted by molar-refractivity contribution is 7.99. The quantitative estimate of drug-likeness (QED) is 0.362. The molecule has 0 radical (unpaired) electrons. The molecular formula is C21H19N3O4S. The smallest absolute Gasteiger partial charge is 0.234 e. The number of ketones is 1. The number of imidazole rings is 1. The van der Waals surface area contributed by atoms with Gasteiger partial charge in [-0.2, -0.15) is 0 Å². The number of anilines is 1. The number of allylic oxidation sites excluding steroid dienone is 1. The molecule has 0 aliphatic carbocycles. The van der Waals surface area contributed by atoms with Crippen molar-refractivity contribution in [3.8, 4) is 11.5 Å². The van der Waals surface area contributed by atoms with E-state index in [9.17, 15) is 9.59 Å². The molecule has 1 aliphatic rings. The number of thioether (sulfide) groups is 1. The van der Waals surface area contributed by atoms with Crippen molar-refractivity contribution in [1.29, 1.82) is 0 Å². The molecule has 0 bridgehead atoms. The number of hydrogen-bond donors (Lipinski definition) is 1. The van der Waals surface area contributed by atoms with Crippen molar-refractivity contribution in [2.24, 2.45) is 0 Å². The lowest BCUT2D eigenvalue weighted by molar-refractivity contribution is -0.113. The van der Waals surface area contributed by atoms with Gasteiger partial charge in [0.15, 0.2) is 22.4 Å². The molecule has 148 valence electrons. The Labute approximate surface area is 171 Å². The van der Waals surface area contributed by atoms with Crippen LogP contribution < -0.4 is 14.8 Å². The van der Waals surface area contributed by atoms with Gasteiger partial charge in [0.1, 0.15) is 0 Å². The third kappa shape index (κ3) is 3.84. The third-order valence-electron chi connectivity index (χ3n) is 4.43. The molecule has 0 saturated carbocycles. The second kappa shape index (κ2) is 8.00. The number of nitrogens with zero attached hydrogens (tertiary/aromatic N) is 2. The maximum atomic E-state index is 12.6. The molecule has 0 saturated heterocycles. The summed E-state index contributed by atoms with van der Waals surface area (Å²) in [7, 11) is 0. The fourth-order valence-electron chi connectivity index (χ4n) is 3.12. The molecule has 2 aromatic carbocycles. The summed E-state index contributed by atoms with van der Waals surface area (Å²) in [5.74, 6) is 0.741. The van der Waals surface area contributed by atoms with Gasteiger partial charge >= 0.3 is 0 Å². The molecule has 1 amide bonds. The molecule has 2 heterocycles. The Morgan fingerprint density at radius 2 is 2.03 bits per heavy atom. The first kappa shape index (κ1) is 19.1. The Morgan fingerprint density at radius 3 is 2.79 bits per heavy atom. The van der Waals surface area contributed by atoms with Gasteiger partial charge in [-0.25, -0.2) is 4.98 Å². The SMILES string of the molecule is C=CCn1c(SCC(=O)Nc2cc3c(cc2C(C)=O)OCO3)nc2ccccc21. The number of nitrogens with one attached hydrogen (secondary N) is 1. The summed E-state index contributed by atoms with van der Waals surface area (Å²) in [6, 6.07) is 11.0. The van der Waals surface area contributed by atoms with E-state index in [0.29, 0.717) is 29.3 Å². The lowest BCUT2D eigenvalue weighted by Crippen LogP contribution is -2.16. The molecule has 7 nitrogen and oxygen atoms in total. The predicted octanol–water partition coefficient (Wildman–Crippen LogP) is 3.88. The first-order valence-corrected chi connectivity index (χ1v) is 9.99. The first-order valence-electron chi connectivity index (χ1n) is 9.00. The normalized spacial score (nSPS) is 12.2. The van der Waals surface area contributed by atoms with Crippen LogP contribution in [0.1, 0.15) is 17.3 Å². The maximum absolute atomic E-state index is 12.6. The number of amides is 1. The van der Waals surface area contributed by atoms with E-state index in [0.717, 1.165) is 16.2 Å². The van der Waals surface area contributed by atoms with Crippen molar-refractivity contribution >= 4 is 40.2 Å². The zero-order chi connectivity index (χ0) is 20.4. The minimum absolute atomic E-state index is 0.0967. The summed E-state index contributed by atoms with van der Waals surface area (Å²) in [6.07, 6.45) is 1.80. The molecule has 4 rings (SSSR count). The maximum Gasteiger partial charge on any atom is 0.234 e. The molecule has 1 aromatic heterocycles. The van der Waals surface area contributed by atoms with E-state index in [1.54, 1.807) is 18.2 Å². The van der Waals surface area contributed by atoms with Crippen LogP contribution in [0.4, 0.5) is 5.69 Å². The molecule has 8 heteroatoms. The van der Waals surface area contributed by atoms with Crippen LogP contribution in [-0.2, 0) is 11.3 Å². The molecule has 1 aliphatic heterocycles. The molecular weight excluding hydrogens is 390 g/mol. The van der Waals surface area contributed by atoms with Gasteiger partial charge in [-0.3, -0.25) is 9.59 Å². The van der Waals surface area contributed by atoms with Gasteiger partial charge in [0.2, 0.25) is 12.7 Å². The van der Waals surface area contributed by atoms with Gasteiger partial charge in [0.25, 0.3) is 0 Å². The van der Waals surface area contributed by atoms with E-state index in [1.807, 2.05) is 28.8 Å². The van der Waals surface area contributed by atoms with E-state index >= 15 is 0 Å². The fraction of sp³-hybridized carbons (Fsp3) is 0.190. The molecule has 0 fully saturated rings. The van der Waals surface area contributed by atoms with Crippen molar-refractivity contribution < 1.29 is 19.1 Å². The van der Waals surface area contributed by atoms with Crippen LogP contribution in [0, 0.1) is 0 Å². The zero-order valence-corrected chi connectivity index (χ0v) is 16.6. The zero-order valence-electron chi connectivity index (χ0n) is 15.8. The summed E-state index contributed by atoms with van der Waals surface area (Å²) in [6.45, 7) is 5.94. The lowest BCUT2D eigenvalue weighted by atomic mass is 10.1. The van der Waals surface area contributed by atoms with Gasteiger partial charge in [-0.05, 0) is 25.1 Å². The Morgan fingerprint density at radius 1 is 1.28 bits per heavy atom. The topological polar surface area (TPSA) is 82.5 Å². The van der Waals surface area contributed by atoms with Crippen LogP contribution in [-0.4, -0.2) is 33.8 Å². The van der Waals surface area contributed by atoms with Crippen molar-refractivity contribution in [2.75, 3.05) is 17.9 Å². The minimum Gasteiger partial charge on any atom is -0.454 e. The van der Waals surface area contributed by atoms with Crippen molar-refractivity contribution in [1.82, 2.24) is 9.55 Å². The number of fused-ring (bicyclic) bond motifs is 2. The van der Waals surface area contributed by atoms with Crippen LogP contribution in [0.25, 0.3) is 11.0 Å². The summed E-state index contributed by atoms with van der Waals surface area (Å²) in [5, 5.41) is 3.54. The highest BCUT2D eigenvalue weighted by Gasteiger charge is 2.21. The van der Waals surface area contributed by atoms with E-state index < -0.39 is 0 Å². The average Bonchev–Trinajstić information content (AvgIpc) is 3.30. The van der Waals surface area contributed by atoms with Gasteiger partial charge in [-0.15, -0.1) is 6.58 Å². The number of para-hydroxylation sites is 2. The second-order valence-corrected chi connectivity index (χ2v) is 7.37. The third-order valence-corrected chi connectivity index (χ3v) is 5.41. The predicted molar refractivity (Wildman–Crippen MR) is 112 cm³/mol. The Balaban J connectivity index is 1.52. The van der Waals surface area contributed by atoms with Crippen molar-refractivity contribution in [3.05, 3.63) is 54.6 Å². The van der Waals surface area contributed by atoms with E-state index in [-0.39, 0.29) is 24.2 Å². The Bertz CT molecular complexity index is 1120. The average molecular weight is 409 g/mol.